The first-order chi connectivity index (χ1) is 10.6. The summed E-state index contributed by atoms with van der Waals surface area (Å²) in [6.45, 7) is 4.21. The maximum atomic E-state index is 12.0. The topological polar surface area (TPSA) is 74.5 Å². The zero-order chi connectivity index (χ0) is 15.9. The normalized spacial score (nSPS) is 12.0. The van der Waals surface area contributed by atoms with E-state index in [1.165, 1.54) is 11.8 Å². The number of aliphatic hydroxyl groups is 1. The van der Waals surface area contributed by atoms with Crippen LogP contribution in [-0.2, 0) is 12.8 Å². The van der Waals surface area contributed by atoms with E-state index in [2.05, 4.69) is 23.6 Å². The van der Waals surface area contributed by atoms with Gasteiger partial charge < -0.3 is 20.2 Å². The molecule has 2 amide bonds. The molecule has 1 aromatic carbocycles. The smallest absolute Gasteiger partial charge is 0.319 e. The van der Waals surface area contributed by atoms with E-state index in [9.17, 15) is 9.90 Å². The third-order valence-electron chi connectivity index (χ3n) is 3.54. The van der Waals surface area contributed by atoms with Gasteiger partial charge in [0.05, 0.1) is 12.8 Å². The molecule has 0 saturated heterocycles. The molecular weight excluding hydrogens is 280 g/mol. The first-order valence-corrected chi connectivity index (χ1v) is 7.52. The Kier molecular flexibility index (Phi) is 5.61. The van der Waals surface area contributed by atoms with Crippen molar-refractivity contribution in [2.24, 2.45) is 0 Å². The van der Waals surface area contributed by atoms with Gasteiger partial charge in [0.2, 0.25) is 0 Å². The molecule has 1 heterocycles. The van der Waals surface area contributed by atoms with Crippen molar-refractivity contribution in [3.05, 3.63) is 53.5 Å². The second kappa shape index (κ2) is 7.66. The first kappa shape index (κ1) is 16.1. The standard InChI is InChI=1S/C17H22N2O3/c1-3-12-7-8-13(4-2)14(10-12)19-17(21)18-11-15(20)16-6-5-9-22-16/h5-10,15,20H,3-4,11H2,1-2H3,(H2,18,19,21). The molecule has 0 fully saturated rings. The van der Waals surface area contributed by atoms with Gasteiger partial charge in [0, 0.05) is 5.69 Å². The van der Waals surface area contributed by atoms with Crippen LogP contribution in [0.25, 0.3) is 0 Å². The van der Waals surface area contributed by atoms with Crippen LogP contribution in [0.5, 0.6) is 0 Å². The van der Waals surface area contributed by atoms with Crippen LogP contribution in [-0.4, -0.2) is 17.7 Å². The first-order valence-electron chi connectivity index (χ1n) is 7.52. The van der Waals surface area contributed by atoms with E-state index in [1.54, 1.807) is 12.1 Å². The van der Waals surface area contributed by atoms with Crippen molar-refractivity contribution in [3.63, 3.8) is 0 Å². The highest BCUT2D eigenvalue weighted by atomic mass is 16.4. The summed E-state index contributed by atoms with van der Waals surface area (Å²) in [4.78, 5) is 12.0. The Morgan fingerprint density at radius 3 is 2.73 bits per heavy atom. The molecule has 0 aliphatic heterocycles. The summed E-state index contributed by atoms with van der Waals surface area (Å²) < 4.78 is 5.09. The number of aryl methyl sites for hydroxylation is 2. The predicted octanol–water partition coefficient (Wildman–Crippen LogP) is 3.26. The Morgan fingerprint density at radius 2 is 2.09 bits per heavy atom. The van der Waals surface area contributed by atoms with Gasteiger partial charge in [0.1, 0.15) is 11.9 Å². The molecule has 1 atom stereocenters. The molecule has 0 saturated carbocycles. The lowest BCUT2D eigenvalue weighted by Gasteiger charge is -2.14. The van der Waals surface area contributed by atoms with E-state index in [0.717, 1.165) is 24.1 Å². The minimum atomic E-state index is -0.853. The highest BCUT2D eigenvalue weighted by Crippen LogP contribution is 2.19. The summed E-state index contributed by atoms with van der Waals surface area (Å²) in [6.07, 6.45) is 2.39. The molecule has 2 rings (SSSR count). The van der Waals surface area contributed by atoms with Gasteiger partial charge in [-0.2, -0.15) is 0 Å². The molecule has 0 aliphatic carbocycles. The molecule has 0 spiro atoms. The average molecular weight is 302 g/mol. The number of carbonyl (C=O) groups excluding carboxylic acids is 1. The SMILES string of the molecule is CCc1ccc(CC)c(NC(=O)NCC(O)c2ccco2)c1. The molecule has 118 valence electrons. The Balaban J connectivity index is 1.94. The Morgan fingerprint density at radius 1 is 1.27 bits per heavy atom. The van der Waals surface area contributed by atoms with Crippen molar-refractivity contribution in [3.8, 4) is 0 Å². The summed E-state index contributed by atoms with van der Waals surface area (Å²) in [7, 11) is 0. The van der Waals surface area contributed by atoms with Crippen LogP contribution in [0, 0.1) is 0 Å². The number of rotatable bonds is 6. The van der Waals surface area contributed by atoms with Gasteiger partial charge in [-0.25, -0.2) is 4.79 Å². The van der Waals surface area contributed by atoms with Crippen molar-refractivity contribution in [2.45, 2.75) is 32.8 Å². The van der Waals surface area contributed by atoms with Gasteiger partial charge in [-0.15, -0.1) is 0 Å². The van der Waals surface area contributed by atoms with E-state index in [0.29, 0.717) is 5.76 Å². The van der Waals surface area contributed by atoms with E-state index < -0.39 is 6.10 Å². The van der Waals surface area contributed by atoms with Crippen molar-refractivity contribution in [1.29, 1.82) is 0 Å². The second-order valence-corrected chi connectivity index (χ2v) is 5.06. The van der Waals surface area contributed by atoms with Crippen molar-refractivity contribution in [2.75, 3.05) is 11.9 Å². The lowest BCUT2D eigenvalue weighted by atomic mass is 10.1. The highest BCUT2D eigenvalue weighted by Gasteiger charge is 2.12. The zero-order valence-electron chi connectivity index (χ0n) is 12.9. The van der Waals surface area contributed by atoms with Crippen molar-refractivity contribution in [1.82, 2.24) is 5.32 Å². The molecule has 3 N–H and O–H groups in total. The van der Waals surface area contributed by atoms with Crippen LogP contribution in [0.15, 0.2) is 41.0 Å². The summed E-state index contributed by atoms with van der Waals surface area (Å²) in [5, 5.41) is 15.4. The van der Waals surface area contributed by atoms with E-state index >= 15 is 0 Å². The molecule has 1 aromatic heterocycles. The number of benzene rings is 1. The second-order valence-electron chi connectivity index (χ2n) is 5.06. The van der Waals surface area contributed by atoms with Crippen molar-refractivity contribution < 1.29 is 14.3 Å². The third kappa shape index (κ3) is 4.11. The molecule has 0 aliphatic rings. The number of hydrogen-bond donors (Lipinski definition) is 3. The van der Waals surface area contributed by atoms with Gasteiger partial charge >= 0.3 is 6.03 Å². The summed E-state index contributed by atoms with van der Waals surface area (Å²) in [5.74, 6) is 0.433. The fourth-order valence-corrected chi connectivity index (χ4v) is 2.21. The van der Waals surface area contributed by atoms with Crippen LogP contribution >= 0.6 is 0 Å². The Bertz CT molecular complexity index is 608. The van der Waals surface area contributed by atoms with Gasteiger partial charge in [0.25, 0.3) is 0 Å². The zero-order valence-corrected chi connectivity index (χ0v) is 12.9. The largest absolute Gasteiger partial charge is 0.467 e. The molecular formula is C17H22N2O3. The van der Waals surface area contributed by atoms with Crippen LogP contribution < -0.4 is 10.6 Å². The number of nitrogens with one attached hydrogen (secondary N) is 2. The van der Waals surface area contributed by atoms with Gasteiger partial charge in [-0.3, -0.25) is 0 Å². The highest BCUT2D eigenvalue weighted by molar-refractivity contribution is 5.90. The number of amides is 2. The summed E-state index contributed by atoms with van der Waals surface area (Å²) >= 11 is 0. The Hall–Kier alpha value is -2.27. The number of carbonyl (C=O) groups is 1. The molecule has 0 bridgehead atoms. The summed E-state index contributed by atoms with van der Waals surface area (Å²) in [5.41, 5.74) is 3.06. The molecule has 0 radical (unpaired) electrons. The number of anilines is 1. The van der Waals surface area contributed by atoms with Crippen LogP contribution in [0.3, 0.4) is 0 Å². The minimum absolute atomic E-state index is 0.0915. The molecule has 22 heavy (non-hydrogen) atoms. The number of furan rings is 1. The van der Waals surface area contributed by atoms with Gasteiger partial charge in [-0.05, 0) is 42.2 Å². The van der Waals surface area contributed by atoms with Gasteiger partial charge in [-0.1, -0.05) is 26.0 Å². The average Bonchev–Trinajstić information content (AvgIpc) is 3.07. The number of hydrogen-bond acceptors (Lipinski definition) is 3. The van der Waals surface area contributed by atoms with Gasteiger partial charge in [0.15, 0.2) is 0 Å². The summed E-state index contributed by atoms with van der Waals surface area (Å²) in [6, 6.07) is 9.12. The maximum absolute atomic E-state index is 12.0. The maximum Gasteiger partial charge on any atom is 0.319 e. The monoisotopic (exact) mass is 302 g/mol. The third-order valence-corrected chi connectivity index (χ3v) is 3.54. The molecule has 5 nitrogen and oxygen atoms in total. The molecule has 2 aromatic rings. The lowest BCUT2D eigenvalue weighted by Crippen LogP contribution is -2.32. The van der Waals surface area contributed by atoms with E-state index in [1.807, 2.05) is 19.1 Å². The quantitative estimate of drug-likeness (QED) is 0.766. The minimum Gasteiger partial charge on any atom is -0.467 e. The number of urea groups is 1. The Labute approximate surface area is 130 Å². The fourth-order valence-electron chi connectivity index (χ4n) is 2.21. The van der Waals surface area contributed by atoms with Crippen LogP contribution in [0.1, 0.15) is 36.8 Å². The van der Waals surface area contributed by atoms with Crippen LogP contribution in [0.2, 0.25) is 0 Å². The predicted molar refractivity (Wildman–Crippen MR) is 85.9 cm³/mol. The van der Waals surface area contributed by atoms with Crippen LogP contribution in [0.4, 0.5) is 10.5 Å². The lowest BCUT2D eigenvalue weighted by molar-refractivity contribution is 0.149. The fraction of sp³-hybridized carbons (Fsp3) is 0.353. The number of aliphatic hydroxyl groups excluding tert-OH is 1. The molecule has 5 heteroatoms. The van der Waals surface area contributed by atoms with Crippen molar-refractivity contribution >= 4 is 11.7 Å². The van der Waals surface area contributed by atoms with E-state index in [-0.39, 0.29) is 12.6 Å². The molecule has 1 unspecified atom stereocenters. The van der Waals surface area contributed by atoms with E-state index in [4.69, 9.17) is 4.42 Å².